The zero-order valence-electron chi connectivity index (χ0n) is 12.8. The first-order valence-electron chi connectivity index (χ1n) is 7.30. The van der Waals surface area contributed by atoms with E-state index in [1.54, 1.807) is 60.7 Å². The Morgan fingerprint density at radius 1 is 0.875 bits per heavy atom. The molecule has 1 unspecified atom stereocenters. The Hall–Kier alpha value is -3.21. The molecule has 0 radical (unpaired) electrons. The second-order valence-electron chi connectivity index (χ2n) is 5.20. The number of carboxylic acids is 2. The van der Waals surface area contributed by atoms with Crippen LogP contribution in [-0.2, 0) is 9.59 Å². The molecule has 0 saturated heterocycles. The van der Waals surface area contributed by atoms with Gasteiger partial charge in [-0.2, -0.15) is 0 Å². The minimum absolute atomic E-state index is 0.321. The zero-order chi connectivity index (χ0) is 17.5. The summed E-state index contributed by atoms with van der Waals surface area (Å²) in [5, 5.41) is 18.8. The van der Waals surface area contributed by atoms with Gasteiger partial charge in [-0.05, 0) is 11.6 Å². The average Bonchev–Trinajstić information content (AvgIpc) is 2.59. The predicted molar refractivity (Wildman–Crippen MR) is 88.6 cm³/mol. The van der Waals surface area contributed by atoms with Crippen LogP contribution in [0, 0.1) is 5.92 Å². The van der Waals surface area contributed by atoms with Crippen molar-refractivity contribution in [3.05, 3.63) is 77.4 Å². The van der Waals surface area contributed by atoms with E-state index in [1.807, 2.05) is 0 Å². The fourth-order valence-corrected chi connectivity index (χ4v) is 2.30. The first-order valence-corrected chi connectivity index (χ1v) is 7.30. The van der Waals surface area contributed by atoms with Crippen molar-refractivity contribution in [2.45, 2.75) is 6.42 Å². The molecule has 1 atom stereocenters. The van der Waals surface area contributed by atoms with Gasteiger partial charge in [-0.3, -0.25) is 9.59 Å². The molecule has 2 N–H and O–H groups in total. The molecule has 0 aromatic heterocycles. The van der Waals surface area contributed by atoms with E-state index in [4.69, 9.17) is 0 Å². The molecule has 0 heterocycles. The maximum Gasteiger partial charge on any atom is 0.332 e. The second-order valence-corrected chi connectivity index (χ2v) is 5.20. The maximum atomic E-state index is 12.3. The Balaban J connectivity index is 2.33. The van der Waals surface area contributed by atoms with Gasteiger partial charge in [0.1, 0.15) is 0 Å². The van der Waals surface area contributed by atoms with Gasteiger partial charge in [-0.25, -0.2) is 4.79 Å². The van der Waals surface area contributed by atoms with Crippen LogP contribution in [0.2, 0.25) is 0 Å². The van der Waals surface area contributed by atoms with Crippen LogP contribution < -0.4 is 0 Å². The van der Waals surface area contributed by atoms with Gasteiger partial charge in [0.25, 0.3) is 0 Å². The summed E-state index contributed by atoms with van der Waals surface area (Å²) in [6, 6.07) is 16.8. The van der Waals surface area contributed by atoms with Crippen molar-refractivity contribution >= 4 is 23.8 Å². The van der Waals surface area contributed by atoms with Crippen LogP contribution in [0.1, 0.15) is 22.3 Å². The van der Waals surface area contributed by atoms with Crippen molar-refractivity contribution < 1.29 is 24.6 Å². The molecule has 2 aromatic rings. The summed E-state index contributed by atoms with van der Waals surface area (Å²) in [5.41, 5.74) is 0.597. The van der Waals surface area contributed by atoms with Gasteiger partial charge in [0.2, 0.25) is 0 Å². The van der Waals surface area contributed by atoms with Gasteiger partial charge in [0.05, 0.1) is 11.5 Å². The van der Waals surface area contributed by atoms with Crippen molar-refractivity contribution in [1.29, 1.82) is 0 Å². The van der Waals surface area contributed by atoms with Crippen molar-refractivity contribution in [3.63, 3.8) is 0 Å². The van der Waals surface area contributed by atoms with E-state index in [0.717, 1.165) is 0 Å². The molecule has 2 rings (SSSR count). The van der Waals surface area contributed by atoms with E-state index in [1.165, 1.54) is 6.08 Å². The quantitative estimate of drug-likeness (QED) is 0.603. The molecule has 122 valence electrons. The summed E-state index contributed by atoms with van der Waals surface area (Å²) < 4.78 is 0. The molecule has 0 bridgehead atoms. The number of rotatable bonds is 7. The molecule has 5 heteroatoms. The minimum atomic E-state index is -1.42. The van der Waals surface area contributed by atoms with Gasteiger partial charge in [0.15, 0.2) is 5.78 Å². The molecule has 0 fully saturated rings. The van der Waals surface area contributed by atoms with Crippen molar-refractivity contribution in [1.82, 2.24) is 0 Å². The third-order valence-corrected chi connectivity index (χ3v) is 3.53. The molecular formula is C19H16O5. The van der Waals surface area contributed by atoms with Crippen LogP contribution in [0.4, 0.5) is 0 Å². The molecule has 0 aliphatic carbocycles. The topological polar surface area (TPSA) is 91.7 Å². The van der Waals surface area contributed by atoms with Gasteiger partial charge >= 0.3 is 11.9 Å². The molecule has 0 spiro atoms. The van der Waals surface area contributed by atoms with E-state index >= 15 is 0 Å². The van der Waals surface area contributed by atoms with E-state index in [9.17, 15) is 24.6 Å². The summed E-state index contributed by atoms with van der Waals surface area (Å²) in [6.07, 6.45) is 0.879. The summed E-state index contributed by atoms with van der Waals surface area (Å²) in [7, 11) is 0. The van der Waals surface area contributed by atoms with Crippen LogP contribution >= 0.6 is 0 Å². The lowest BCUT2D eigenvalue weighted by Crippen LogP contribution is -2.24. The zero-order valence-corrected chi connectivity index (χ0v) is 12.8. The third-order valence-electron chi connectivity index (χ3n) is 3.53. The number of ketones is 1. The molecule has 0 saturated carbocycles. The fraction of sp³-hybridized carbons (Fsp3) is 0.105. The number of carboxylic acid groups (broad SMARTS) is 2. The molecule has 24 heavy (non-hydrogen) atoms. The normalized spacial score (nSPS) is 12.4. The first kappa shape index (κ1) is 17.1. The van der Waals surface area contributed by atoms with Gasteiger partial charge < -0.3 is 10.2 Å². The van der Waals surface area contributed by atoms with E-state index in [2.05, 4.69) is 0 Å². The summed E-state index contributed by atoms with van der Waals surface area (Å²) in [6.45, 7) is 0. The van der Waals surface area contributed by atoms with E-state index < -0.39 is 30.1 Å². The fourth-order valence-electron chi connectivity index (χ4n) is 2.30. The van der Waals surface area contributed by atoms with Crippen molar-refractivity contribution in [2.75, 3.05) is 0 Å². The number of carbonyl (C=O) groups excluding carboxylic acids is 1. The standard InChI is InChI=1S/C19H16O5/c20-17(14-9-5-2-6-10-14)12-16(19(23)24)15(18(21)22)11-13-7-3-1-4-8-13/h1-11,16H,12H2,(H,21,22)(H,23,24). The predicted octanol–water partition coefficient (Wildman–Crippen LogP) is 3.13. The molecule has 0 aliphatic rings. The highest BCUT2D eigenvalue weighted by Crippen LogP contribution is 2.22. The number of aliphatic carboxylic acids is 2. The van der Waals surface area contributed by atoms with Crippen LogP contribution in [0.25, 0.3) is 6.08 Å². The van der Waals surface area contributed by atoms with Gasteiger partial charge in [-0.1, -0.05) is 60.7 Å². The average molecular weight is 324 g/mol. The summed E-state index contributed by atoms with van der Waals surface area (Å²) >= 11 is 0. The lowest BCUT2D eigenvalue weighted by molar-refractivity contribution is -0.143. The van der Waals surface area contributed by atoms with E-state index in [-0.39, 0.29) is 5.57 Å². The van der Waals surface area contributed by atoms with Crippen molar-refractivity contribution in [3.8, 4) is 0 Å². The van der Waals surface area contributed by atoms with Crippen molar-refractivity contribution in [2.24, 2.45) is 5.92 Å². The van der Waals surface area contributed by atoms with Gasteiger partial charge in [-0.15, -0.1) is 0 Å². The molecule has 2 aromatic carbocycles. The van der Waals surface area contributed by atoms with Crippen LogP contribution in [-0.4, -0.2) is 27.9 Å². The first-order chi connectivity index (χ1) is 11.5. The van der Waals surface area contributed by atoms with Crippen LogP contribution in [0.15, 0.2) is 66.2 Å². The number of carbonyl (C=O) groups is 3. The minimum Gasteiger partial charge on any atom is -0.481 e. The Bertz CT molecular complexity index is 763. The SMILES string of the molecule is O=C(O)C(=Cc1ccccc1)C(CC(=O)c1ccccc1)C(=O)O. The Labute approximate surface area is 138 Å². The van der Waals surface area contributed by atoms with Crippen LogP contribution in [0.3, 0.4) is 0 Å². The number of hydrogen-bond acceptors (Lipinski definition) is 3. The summed E-state index contributed by atoms with van der Waals surface area (Å²) in [5.74, 6) is -4.53. The molecular weight excluding hydrogens is 308 g/mol. The lowest BCUT2D eigenvalue weighted by Gasteiger charge is -2.13. The number of hydrogen-bond donors (Lipinski definition) is 2. The second kappa shape index (κ2) is 7.87. The smallest absolute Gasteiger partial charge is 0.332 e. The molecule has 5 nitrogen and oxygen atoms in total. The highest BCUT2D eigenvalue weighted by atomic mass is 16.4. The Morgan fingerprint density at radius 3 is 1.92 bits per heavy atom. The lowest BCUT2D eigenvalue weighted by atomic mass is 9.90. The number of benzene rings is 2. The third kappa shape index (κ3) is 4.39. The Kier molecular flexibility index (Phi) is 5.63. The highest BCUT2D eigenvalue weighted by molar-refractivity contribution is 6.03. The van der Waals surface area contributed by atoms with Crippen LogP contribution in [0.5, 0.6) is 0 Å². The highest BCUT2D eigenvalue weighted by Gasteiger charge is 2.30. The monoisotopic (exact) mass is 324 g/mol. The maximum absolute atomic E-state index is 12.3. The Morgan fingerprint density at radius 2 is 1.42 bits per heavy atom. The summed E-state index contributed by atoms with van der Waals surface area (Å²) in [4.78, 5) is 35.3. The molecule has 0 aliphatic heterocycles. The largest absolute Gasteiger partial charge is 0.481 e. The molecule has 0 amide bonds. The van der Waals surface area contributed by atoms with Gasteiger partial charge in [0, 0.05) is 12.0 Å². The number of Topliss-reactive ketones (excluding diaryl/α,β-unsaturated/α-hetero) is 1. The van der Waals surface area contributed by atoms with E-state index in [0.29, 0.717) is 11.1 Å².